The molecule has 0 aromatic heterocycles. The highest BCUT2D eigenvalue weighted by atomic mass is 14.0. The molecule has 80 valence electrons. The van der Waals surface area contributed by atoms with Crippen molar-refractivity contribution >= 4 is 21.5 Å². The van der Waals surface area contributed by atoms with Gasteiger partial charge in [-0.1, -0.05) is 62.4 Å². The molecule has 3 aromatic rings. The van der Waals surface area contributed by atoms with Gasteiger partial charge < -0.3 is 0 Å². The summed E-state index contributed by atoms with van der Waals surface area (Å²) in [4.78, 5) is 0. The van der Waals surface area contributed by atoms with Crippen molar-refractivity contribution in [3.05, 3.63) is 60.7 Å². The maximum absolute atomic E-state index is 2.24. The van der Waals surface area contributed by atoms with Gasteiger partial charge in [0.05, 0.1) is 0 Å². The molecular weight excluding hydrogens is 192 g/mol. The molecule has 0 nitrogen and oxygen atoms in total. The SMILES string of the molecule is CC.c1ccc2cc3ccccc3cc2c1. The molecule has 0 aliphatic heterocycles. The van der Waals surface area contributed by atoms with Gasteiger partial charge in [-0.05, 0) is 33.7 Å². The van der Waals surface area contributed by atoms with Crippen LogP contribution in [0.3, 0.4) is 0 Å². The van der Waals surface area contributed by atoms with E-state index in [2.05, 4.69) is 60.7 Å². The first-order chi connectivity index (χ1) is 7.93. The second kappa shape index (κ2) is 4.80. The summed E-state index contributed by atoms with van der Waals surface area (Å²) in [6.45, 7) is 4.00. The van der Waals surface area contributed by atoms with E-state index in [1.807, 2.05) is 13.8 Å². The Morgan fingerprint density at radius 3 is 1.00 bits per heavy atom. The van der Waals surface area contributed by atoms with Crippen LogP contribution in [0.2, 0.25) is 0 Å². The summed E-state index contributed by atoms with van der Waals surface area (Å²) in [5.41, 5.74) is 0. The van der Waals surface area contributed by atoms with E-state index in [-0.39, 0.29) is 0 Å². The van der Waals surface area contributed by atoms with Crippen LogP contribution in [-0.4, -0.2) is 0 Å². The van der Waals surface area contributed by atoms with Gasteiger partial charge in [0, 0.05) is 0 Å². The van der Waals surface area contributed by atoms with Gasteiger partial charge in [-0.3, -0.25) is 0 Å². The lowest BCUT2D eigenvalue weighted by atomic mass is 10.0. The fraction of sp³-hybridized carbons (Fsp3) is 0.125. The summed E-state index contributed by atoms with van der Waals surface area (Å²) in [7, 11) is 0. The molecule has 0 N–H and O–H groups in total. The van der Waals surface area contributed by atoms with Crippen molar-refractivity contribution in [2.75, 3.05) is 0 Å². The fourth-order valence-corrected chi connectivity index (χ4v) is 1.88. The summed E-state index contributed by atoms with van der Waals surface area (Å²) in [5.74, 6) is 0. The zero-order chi connectivity index (χ0) is 11.4. The van der Waals surface area contributed by atoms with E-state index in [1.54, 1.807) is 0 Å². The van der Waals surface area contributed by atoms with E-state index in [0.29, 0.717) is 0 Å². The smallest absolute Gasteiger partial charge is 0.0178 e. The summed E-state index contributed by atoms with van der Waals surface area (Å²) < 4.78 is 0. The highest BCUT2D eigenvalue weighted by molar-refractivity contribution is 5.97. The predicted molar refractivity (Wildman–Crippen MR) is 72.8 cm³/mol. The van der Waals surface area contributed by atoms with Gasteiger partial charge in [0.2, 0.25) is 0 Å². The van der Waals surface area contributed by atoms with Crippen molar-refractivity contribution in [3.8, 4) is 0 Å². The van der Waals surface area contributed by atoms with E-state index in [9.17, 15) is 0 Å². The van der Waals surface area contributed by atoms with Crippen molar-refractivity contribution in [2.45, 2.75) is 13.8 Å². The summed E-state index contributed by atoms with van der Waals surface area (Å²) in [6.07, 6.45) is 0. The number of hydrogen-bond donors (Lipinski definition) is 0. The first-order valence-corrected chi connectivity index (χ1v) is 5.81. The third-order valence-corrected chi connectivity index (χ3v) is 2.61. The van der Waals surface area contributed by atoms with Gasteiger partial charge in [-0.2, -0.15) is 0 Å². The van der Waals surface area contributed by atoms with Crippen LogP contribution in [0.1, 0.15) is 13.8 Å². The van der Waals surface area contributed by atoms with E-state index < -0.39 is 0 Å². The predicted octanol–water partition coefficient (Wildman–Crippen LogP) is 5.02. The van der Waals surface area contributed by atoms with E-state index in [1.165, 1.54) is 21.5 Å². The molecule has 0 heterocycles. The second-order valence-corrected chi connectivity index (χ2v) is 3.55. The lowest BCUT2D eigenvalue weighted by Crippen LogP contribution is -1.74. The average Bonchev–Trinajstić information content (AvgIpc) is 2.38. The van der Waals surface area contributed by atoms with E-state index >= 15 is 0 Å². The molecule has 0 saturated carbocycles. The van der Waals surface area contributed by atoms with Gasteiger partial charge in [0.25, 0.3) is 0 Å². The average molecular weight is 208 g/mol. The van der Waals surface area contributed by atoms with Crippen molar-refractivity contribution in [3.63, 3.8) is 0 Å². The molecule has 0 saturated heterocycles. The maximum atomic E-state index is 2.24. The lowest BCUT2D eigenvalue weighted by Gasteiger charge is -2.00. The molecule has 0 bridgehead atoms. The summed E-state index contributed by atoms with van der Waals surface area (Å²) in [5, 5.41) is 5.25. The van der Waals surface area contributed by atoms with Gasteiger partial charge in [-0.15, -0.1) is 0 Å². The Bertz CT molecular complexity index is 489. The minimum atomic E-state index is 1.31. The molecule has 0 radical (unpaired) electrons. The largest absolute Gasteiger partial charge is 0.0683 e. The van der Waals surface area contributed by atoms with Crippen LogP contribution in [0.25, 0.3) is 21.5 Å². The van der Waals surface area contributed by atoms with E-state index in [0.717, 1.165) is 0 Å². The molecule has 3 aromatic carbocycles. The highest BCUT2D eigenvalue weighted by Crippen LogP contribution is 2.21. The van der Waals surface area contributed by atoms with Crippen molar-refractivity contribution in [1.82, 2.24) is 0 Å². The number of rotatable bonds is 0. The molecule has 0 unspecified atom stereocenters. The van der Waals surface area contributed by atoms with Crippen molar-refractivity contribution < 1.29 is 0 Å². The Kier molecular flexibility index (Phi) is 3.21. The van der Waals surface area contributed by atoms with Crippen LogP contribution in [0.4, 0.5) is 0 Å². The van der Waals surface area contributed by atoms with Crippen LogP contribution < -0.4 is 0 Å². The Morgan fingerprint density at radius 1 is 0.500 bits per heavy atom. The fourth-order valence-electron chi connectivity index (χ4n) is 1.88. The van der Waals surface area contributed by atoms with Crippen LogP contribution >= 0.6 is 0 Å². The van der Waals surface area contributed by atoms with Crippen LogP contribution in [0.15, 0.2) is 60.7 Å². The van der Waals surface area contributed by atoms with Crippen LogP contribution in [0, 0.1) is 0 Å². The monoisotopic (exact) mass is 208 g/mol. The Morgan fingerprint density at radius 2 is 0.750 bits per heavy atom. The molecule has 0 spiro atoms. The number of fused-ring (bicyclic) bond motifs is 2. The molecule has 0 aliphatic carbocycles. The lowest BCUT2D eigenvalue weighted by molar-refractivity contribution is 1.50. The van der Waals surface area contributed by atoms with Gasteiger partial charge in [0.1, 0.15) is 0 Å². The molecule has 16 heavy (non-hydrogen) atoms. The van der Waals surface area contributed by atoms with E-state index in [4.69, 9.17) is 0 Å². The number of hydrogen-bond acceptors (Lipinski definition) is 0. The van der Waals surface area contributed by atoms with Crippen LogP contribution in [0.5, 0.6) is 0 Å². The Balaban J connectivity index is 0.000000457. The molecule has 0 atom stereocenters. The highest BCUT2D eigenvalue weighted by Gasteiger charge is 1.95. The zero-order valence-corrected chi connectivity index (χ0v) is 9.77. The standard InChI is InChI=1S/C14H10.C2H6/c1-2-6-12-10-14-8-4-3-7-13(14)9-11(12)5-1;1-2/h1-10H;1-2H3. The first-order valence-electron chi connectivity index (χ1n) is 5.81. The normalized spacial score (nSPS) is 9.88. The summed E-state index contributed by atoms with van der Waals surface area (Å²) >= 11 is 0. The molecule has 0 aliphatic rings. The first kappa shape index (κ1) is 10.7. The maximum Gasteiger partial charge on any atom is -0.0178 e. The molecule has 0 heteroatoms. The van der Waals surface area contributed by atoms with Gasteiger partial charge >= 0.3 is 0 Å². The molecule has 0 amide bonds. The quantitative estimate of drug-likeness (QED) is 0.455. The van der Waals surface area contributed by atoms with Crippen LogP contribution in [-0.2, 0) is 0 Å². The van der Waals surface area contributed by atoms with Crippen molar-refractivity contribution in [2.24, 2.45) is 0 Å². The molecule has 0 fully saturated rings. The topological polar surface area (TPSA) is 0 Å². The minimum absolute atomic E-state index is 1.31. The Labute approximate surface area is 96.5 Å². The molecular formula is C16H16. The summed E-state index contributed by atoms with van der Waals surface area (Å²) in [6, 6.07) is 21.4. The van der Waals surface area contributed by atoms with Crippen molar-refractivity contribution in [1.29, 1.82) is 0 Å². The second-order valence-electron chi connectivity index (χ2n) is 3.55. The Hall–Kier alpha value is -1.82. The zero-order valence-electron chi connectivity index (χ0n) is 9.77. The third-order valence-electron chi connectivity index (χ3n) is 2.61. The van der Waals surface area contributed by atoms with Gasteiger partial charge in [-0.25, -0.2) is 0 Å². The van der Waals surface area contributed by atoms with Gasteiger partial charge in [0.15, 0.2) is 0 Å². The minimum Gasteiger partial charge on any atom is -0.0683 e. The third kappa shape index (κ3) is 1.92. The molecule has 3 rings (SSSR count). The number of benzene rings is 3.